The molecule has 1 aliphatic heterocycles. The first-order valence-electron chi connectivity index (χ1n) is 16.1. The van der Waals surface area contributed by atoms with Gasteiger partial charge in [0.15, 0.2) is 6.29 Å². The second-order valence-electron chi connectivity index (χ2n) is 11.6. The summed E-state index contributed by atoms with van der Waals surface area (Å²) in [7, 11) is 0. The van der Waals surface area contributed by atoms with Crippen LogP contribution < -0.4 is 10.6 Å². The van der Waals surface area contributed by atoms with Crippen LogP contribution in [-0.4, -0.2) is 53.2 Å². The number of esters is 1. The maximum atomic E-state index is 12.3. The summed E-state index contributed by atoms with van der Waals surface area (Å²) in [4.78, 5) is 36.1. The summed E-state index contributed by atoms with van der Waals surface area (Å²) < 4.78 is 18.0. The van der Waals surface area contributed by atoms with E-state index in [1.165, 1.54) is 0 Å². The van der Waals surface area contributed by atoms with Gasteiger partial charge in [-0.1, -0.05) is 79.7 Å². The van der Waals surface area contributed by atoms with Crippen LogP contribution >= 0.6 is 11.8 Å². The van der Waals surface area contributed by atoms with Gasteiger partial charge in [-0.25, -0.2) is 9.59 Å². The highest BCUT2D eigenvalue weighted by molar-refractivity contribution is 7.99. The van der Waals surface area contributed by atoms with Crippen LogP contribution in [0.25, 0.3) is 11.1 Å². The summed E-state index contributed by atoms with van der Waals surface area (Å²) in [5.41, 5.74) is 5.70. The Morgan fingerprint density at radius 2 is 1.55 bits per heavy atom. The molecule has 0 spiro atoms. The quantitative estimate of drug-likeness (QED) is 0.0918. The third-order valence-corrected chi connectivity index (χ3v) is 9.39. The average molecular weight is 685 g/mol. The summed E-state index contributed by atoms with van der Waals surface area (Å²) in [5, 5.41) is 24.1. The number of carbonyl (C=O) groups excluding carboxylic acids is 2. The number of hydrogen-bond donors (Lipinski definition) is 4. The van der Waals surface area contributed by atoms with Crippen molar-refractivity contribution in [3.63, 3.8) is 0 Å². The summed E-state index contributed by atoms with van der Waals surface area (Å²) in [6, 6.07) is 29.8. The number of aliphatic hydroxyl groups excluding tert-OH is 1. The third kappa shape index (κ3) is 9.48. The standard InChI is InChI=1S/C38H40N2O8S/c1-3-46-34(42)21-40-38(45)39-20-30-6-4-5-7-32(30)26-12-14-29(15-13-26)37-47-33(23-49-31-18-16-28(17-19-31)36(43)44)24(2)35(48-37)27-10-8-25(22-41)9-11-27/h4-19,24,33,35,37,41H,3,20-23H2,1-2H3,(H,43,44)(H2,39,40,45)/t24-,33+,35+,37+/m0/s1. The van der Waals surface area contributed by atoms with E-state index in [0.717, 1.165) is 38.3 Å². The molecule has 2 amide bonds. The van der Waals surface area contributed by atoms with Gasteiger partial charge in [-0.15, -0.1) is 11.8 Å². The molecule has 256 valence electrons. The summed E-state index contributed by atoms with van der Waals surface area (Å²) in [6.45, 7) is 4.07. The van der Waals surface area contributed by atoms with Gasteiger partial charge in [0.05, 0.1) is 31.0 Å². The molecule has 1 fully saturated rings. The molecule has 0 aliphatic carbocycles. The van der Waals surface area contributed by atoms with Crippen LogP contribution in [0.4, 0.5) is 4.79 Å². The van der Waals surface area contributed by atoms with Gasteiger partial charge in [0, 0.05) is 28.7 Å². The molecule has 1 heterocycles. The fourth-order valence-electron chi connectivity index (χ4n) is 5.56. The molecule has 4 aromatic carbocycles. The number of aliphatic hydroxyl groups is 1. The number of aromatic carboxylic acids is 1. The predicted molar refractivity (Wildman–Crippen MR) is 186 cm³/mol. The molecular formula is C38H40N2O8S. The predicted octanol–water partition coefficient (Wildman–Crippen LogP) is 6.49. The molecule has 0 bridgehead atoms. The first-order chi connectivity index (χ1) is 23.7. The number of urea groups is 1. The molecule has 10 nitrogen and oxygen atoms in total. The molecule has 4 atom stereocenters. The van der Waals surface area contributed by atoms with Gasteiger partial charge in [0.2, 0.25) is 0 Å². The van der Waals surface area contributed by atoms with Crippen molar-refractivity contribution in [1.82, 2.24) is 10.6 Å². The molecule has 1 saturated heterocycles. The van der Waals surface area contributed by atoms with Crippen molar-refractivity contribution in [3.05, 3.63) is 125 Å². The highest BCUT2D eigenvalue weighted by Crippen LogP contribution is 2.43. The molecule has 4 N–H and O–H groups in total. The number of carboxylic acids is 1. The highest BCUT2D eigenvalue weighted by Gasteiger charge is 2.38. The van der Waals surface area contributed by atoms with Crippen molar-refractivity contribution in [2.45, 2.75) is 50.4 Å². The van der Waals surface area contributed by atoms with Gasteiger partial charge in [-0.05, 0) is 59.0 Å². The second-order valence-corrected chi connectivity index (χ2v) is 12.7. The number of benzene rings is 4. The molecule has 11 heteroatoms. The number of carboxylic acid groups (broad SMARTS) is 1. The van der Waals surface area contributed by atoms with Crippen LogP contribution in [-0.2, 0) is 32.2 Å². The van der Waals surface area contributed by atoms with E-state index in [4.69, 9.17) is 14.2 Å². The second kappa shape index (κ2) is 17.1. The Kier molecular flexibility index (Phi) is 12.4. The van der Waals surface area contributed by atoms with Crippen molar-refractivity contribution in [1.29, 1.82) is 0 Å². The molecule has 49 heavy (non-hydrogen) atoms. The molecule has 0 unspecified atom stereocenters. The van der Waals surface area contributed by atoms with Crippen LogP contribution in [0, 0.1) is 5.92 Å². The van der Waals surface area contributed by atoms with E-state index in [1.807, 2.05) is 84.9 Å². The normalized spacial score (nSPS) is 18.8. The molecule has 0 aromatic heterocycles. The molecule has 1 aliphatic rings. The van der Waals surface area contributed by atoms with Gasteiger partial charge in [0.25, 0.3) is 0 Å². The number of rotatable bonds is 13. The largest absolute Gasteiger partial charge is 0.478 e. The van der Waals surface area contributed by atoms with Crippen molar-refractivity contribution in [3.8, 4) is 11.1 Å². The molecular weight excluding hydrogens is 644 g/mol. The first kappa shape index (κ1) is 35.6. The Morgan fingerprint density at radius 3 is 2.22 bits per heavy atom. The number of thioether (sulfide) groups is 1. The lowest BCUT2D eigenvalue weighted by Gasteiger charge is -2.41. The van der Waals surface area contributed by atoms with Crippen LogP contribution in [0.1, 0.15) is 58.9 Å². The van der Waals surface area contributed by atoms with E-state index >= 15 is 0 Å². The van der Waals surface area contributed by atoms with Crippen LogP contribution in [0.2, 0.25) is 0 Å². The van der Waals surface area contributed by atoms with Crippen molar-refractivity contribution >= 4 is 29.7 Å². The van der Waals surface area contributed by atoms with Gasteiger partial charge >= 0.3 is 18.0 Å². The van der Waals surface area contributed by atoms with Gasteiger partial charge in [-0.2, -0.15) is 0 Å². The highest BCUT2D eigenvalue weighted by atomic mass is 32.2. The minimum Gasteiger partial charge on any atom is -0.478 e. The van der Waals surface area contributed by atoms with E-state index in [2.05, 4.69) is 17.6 Å². The Hall–Kier alpha value is -4.68. The van der Waals surface area contributed by atoms with Crippen molar-refractivity contribution in [2.75, 3.05) is 18.9 Å². The fraction of sp³-hybridized carbons (Fsp3) is 0.289. The Bertz CT molecular complexity index is 1710. The average Bonchev–Trinajstić information content (AvgIpc) is 3.13. The monoisotopic (exact) mass is 684 g/mol. The van der Waals surface area contributed by atoms with Gasteiger partial charge in [0.1, 0.15) is 6.54 Å². The fourth-order valence-corrected chi connectivity index (χ4v) is 6.63. The van der Waals surface area contributed by atoms with E-state index in [-0.39, 0.29) is 50.0 Å². The number of ether oxygens (including phenoxy) is 3. The zero-order chi connectivity index (χ0) is 34.8. The maximum Gasteiger partial charge on any atom is 0.335 e. The lowest BCUT2D eigenvalue weighted by atomic mass is 9.91. The number of carbonyl (C=O) groups is 3. The minimum atomic E-state index is -0.961. The third-order valence-electron chi connectivity index (χ3n) is 8.29. The van der Waals surface area contributed by atoms with Crippen molar-refractivity contribution in [2.24, 2.45) is 5.92 Å². The van der Waals surface area contributed by atoms with Crippen LogP contribution in [0.3, 0.4) is 0 Å². The zero-order valence-electron chi connectivity index (χ0n) is 27.3. The lowest BCUT2D eigenvalue weighted by molar-refractivity contribution is -0.268. The maximum absolute atomic E-state index is 12.3. The smallest absolute Gasteiger partial charge is 0.335 e. The number of nitrogens with one attached hydrogen (secondary N) is 2. The van der Waals surface area contributed by atoms with Gasteiger partial charge in [-0.3, -0.25) is 4.79 Å². The van der Waals surface area contributed by atoms with E-state index in [0.29, 0.717) is 5.75 Å². The van der Waals surface area contributed by atoms with E-state index in [9.17, 15) is 24.6 Å². The van der Waals surface area contributed by atoms with Gasteiger partial charge < -0.3 is 35.1 Å². The summed E-state index contributed by atoms with van der Waals surface area (Å²) in [6.07, 6.45) is -1.10. The first-order valence-corrected chi connectivity index (χ1v) is 17.1. The van der Waals surface area contributed by atoms with Crippen molar-refractivity contribution < 1.29 is 38.8 Å². The Labute approximate surface area is 289 Å². The van der Waals surface area contributed by atoms with Crippen LogP contribution in [0.5, 0.6) is 0 Å². The number of hydrogen-bond acceptors (Lipinski definition) is 8. The molecule has 0 saturated carbocycles. The van der Waals surface area contributed by atoms with Crippen LogP contribution in [0.15, 0.2) is 102 Å². The van der Waals surface area contributed by atoms with E-state index in [1.54, 1.807) is 30.8 Å². The molecule has 0 radical (unpaired) electrons. The summed E-state index contributed by atoms with van der Waals surface area (Å²) in [5.74, 6) is -0.834. The zero-order valence-corrected chi connectivity index (χ0v) is 28.2. The SMILES string of the molecule is CCOC(=O)CNC(=O)NCc1ccccc1-c1ccc([C@@H]2O[C@H](CSc3ccc(C(=O)O)cc3)[C@H](C)[C@H](c3ccc(CO)cc3)O2)cc1. The number of amides is 2. The Morgan fingerprint density at radius 1 is 0.857 bits per heavy atom. The molecule has 5 rings (SSSR count). The molecule has 4 aromatic rings. The minimum absolute atomic E-state index is 0.00448. The lowest BCUT2D eigenvalue weighted by Crippen LogP contribution is -2.38. The topological polar surface area (TPSA) is 143 Å². The van der Waals surface area contributed by atoms with E-state index < -0.39 is 24.3 Å². The Balaban J connectivity index is 1.31. The summed E-state index contributed by atoms with van der Waals surface area (Å²) >= 11 is 1.60.